The quantitative estimate of drug-likeness (QED) is 0.346. The minimum absolute atomic E-state index is 0.0336. The van der Waals surface area contributed by atoms with E-state index in [-0.39, 0.29) is 17.6 Å². The summed E-state index contributed by atoms with van der Waals surface area (Å²) in [5, 5.41) is 2.80. The highest BCUT2D eigenvalue weighted by Gasteiger charge is 2.17. The van der Waals surface area contributed by atoms with Crippen LogP contribution in [0.3, 0.4) is 0 Å². The first-order chi connectivity index (χ1) is 14.4. The molecular weight excluding hydrogens is 401 g/mol. The van der Waals surface area contributed by atoms with Gasteiger partial charge in [0.2, 0.25) is 0 Å². The summed E-state index contributed by atoms with van der Waals surface area (Å²) in [6.07, 6.45) is 6.76. The highest BCUT2D eigenvalue weighted by atomic mass is 35.5. The predicted octanol–water partition coefficient (Wildman–Crippen LogP) is 6.29. The van der Waals surface area contributed by atoms with Crippen LogP contribution in [0.5, 0.6) is 0 Å². The predicted molar refractivity (Wildman–Crippen MR) is 124 cm³/mol. The lowest BCUT2D eigenvalue weighted by molar-refractivity contribution is -0.125. The van der Waals surface area contributed by atoms with Crippen LogP contribution in [0.1, 0.15) is 45.2 Å². The minimum atomic E-state index is -0.655. The van der Waals surface area contributed by atoms with Crippen molar-refractivity contribution in [3.05, 3.63) is 82.6 Å². The molecule has 0 aromatic heterocycles. The number of nitrogens with one attached hydrogen (secondary N) is 1. The van der Waals surface area contributed by atoms with E-state index in [2.05, 4.69) is 17.8 Å². The molecule has 0 bridgehead atoms. The fraction of sp³-hybridized carbons (Fsp3) is 0.200. The summed E-state index contributed by atoms with van der Waals surface area (Å²) in [7, 11) is 0. The molecule has 158 valence electrons. The number of benzene rings is 2. The van der Waals surface area contributed by atoms with Crippen LogP contribution in [0.15, 0.2) is 60.7 Å². The van der Waals surface area contributed by atoms with Crippen molar-refractivity contribution in [2.75, 3.05) is 0 Å². The third kappa shape index (κ3) is 8.89. The monoisotopic (exact) mass is 427 g/mol. The van der Waals surface area contributed by atoms with Crippen LogP contribution in [0, 0.1) is 18.2 Å². The Balaban J connectivity index is 0.00000198. The van der Waals surface area contributed by atoms with E-state index in [1.54, 1.807) is 30.3 Å². The lowest BCUT2D eigenvalue weighted by atomic mass is 10.0. The summed E-state index contributed by atoms with van der Waals surface area (Å²) in [4.78, 5) is 24.6. The van der Waals surface area contributed by atoms with Gasteiger partial charge in [0, 0.05) is 22.6 Å². The molecular formula is C25H27ClFNO2. The number of hydrogen-bond acceptors (Lipinski definition) is 2. The van der Waals surface area contributed by atoms with Gasteiger partial charge in [-0.25, -0.2) is 4.39 Å². The SMILES string of the molecule is C#CCC(=C)C(=O)NC(=O)/C(=C/c1ccc(Cl)cc1)c1ccc(F)cc1.CC.CC. The van der Waals surface area contributed by atoms with E-state index in [0.29, 0.717) is 16.1 Å². The lowest BCUT2D eigenvalue weighted by Gasteiger charge is -2.10. The number of imide groups is 1. The Morgan fingerprint density at radius 2 is 1.57 bits per heavy atom. The van der Waals surface area contributed by atoms with E-state index < -0.39 is 17.6 Å². The van der Waals surface area contributed by atoms with Gasteiger partial charge in [-0.1, -0.05) is 70.1 Å². The number of rotatable bonds is 5. The van der Waals surface area contributed by atoms with Crippen LogP contribution in [-0.4, -0.2) is 11.8 Å². The van der Waals surface area contributed by atoms with Crippen LogP contribution < -0.4 is 5.32 Å². The van der Waals surface area contributed by atoms with Gasteiger partial charge in [-0.3, -0.25) is 14.9 Å². The fourth-order valence-corrected chi connectivity index (χ4v) is 2.22. The zero-order valence-corrected chi connectivity index (χ0v) is 18.5. The lowest BCUT2D eigenvalue weighted by Crippen LogP contribution is -2.32. The van der Waals surface area contributed by atoms with Crippen molar-refractivity contribution in [2.24, 2.45) is 0 Å². The molecule has 2 rings (SSSR count). The second kappa shape index (κ2) is 14.8. The first-order valence-electron chi connectivity index (χ1n) is 9.61. The third-order valence-corrected chi connectivity index (χ3v) is 3.70. The molecule has 0 spiro atoms. The number of carbonyl (C=O) groups is 2. The van der Waals surface area contributed by atoms with Crippen LogP contribution in [-0.2, 0) is 9.59 Å². The maximum absolute atomic E-state index is 13.2. The largest absolute Gasteiger partial charge is 0.288 e. The molecule has 2 amide bonds. The molecule has 30 heavy (non-hydrogen) atoms. The number of amides is 2. The van der Waals surface area contributed by atoms with Gasteiger partial charge in [-0.05, 0) is 41.5 Å². The number of terminal acetylenes is 1. The Kier molecular flexibility index (Phi) is 13.2. The Morgan fingerprint density at radius 1 is 1.03 bits per heavy atom. The molecule has 0 unspecified atom stereocenters. The highest BCUT2D eigenvalue weighted by molar-refractivity contribution is 6.31. The van der Waals surface area contributed by atoms with Crippen LogP contribution >= 0.6 is 11.6 Å². The summed E-state index contributed by atoms with van der Waals surface area (Å²) in [5.74, 6) is 0.562. The minimum Gasteiger partial charge on any atom is -0.288 e. The van der Waals surface area contributed by atoms with Gasteiger partial charge in [-0.2, -0.15) is 0 Å². The molecule has 0 fully saturated rings. The molecule has 0 saturated heterocycles. The zero-order valence-electron chi connectivity index (χ0n) is 17.8. The fourth-order valence-electron chi connectivity index (χ4n) is 2.10. The normalized spacial score (nSPS) is 9.70. The van der Waals surface area contributed by atoms with E-state index >= 15 is 0 Å². The summed E-state index contributed by atoms with van der Waals surface area (Å²) in [5.41, 5.74) is 1.44. The molecule has 0 atom stereocenters. The van der Waals surface area contributed by atoms with Crippen LogP contribution in [0.4, 0.5) is 4.39 Å². The summed E-state index contributed by atoms with van der Waals surface area (Å²) >= 11 is 5.87. The zero-order chi connectivity index (χ0) is 23.1. The molecule has 2 aromatic rings. The van der Waals surface area contributed by atoms with E-state index in [9.17, 15) is 14.0 Å². The van der Waals surface area contributed by atoms with Crippen molar-refractivity contribution in [2.45, 2.75) is 34.1 Å². The van der Waals surface area contributed by atoms with Crippen molar-refractivity contribution in [1.82, 2.24) is 5.32 Å². The number of hydrogen-bond donors (Lipinski definition) is 1. The van der Waals surface area contributed by atoms with E-state index in [0.717, 1.165) is 0 Å². The highest BCUT2D eigenvalue weighted by Crippen LogP contribution is 2.20. The Hall–Kier alpha value is -3.16. The second-order valence-corrected chi connectivity index (χ2v) is 5.82. The van der Waals surface area contributed by atoms with Gasteiger partial charge >= 0.3 is 0 Å². The molecule has 0 aliphatic carbocycles. The Morgan fingerprint density at radius 3 is 2.07 bits per heavy atom. The van der Waals surface area contributed by atoms with Crippen LogP contribution in [0.2, 0.25) is 5.02 Å². The smallest absolute Gasteiger partial charge is 0.258 e. The number of halogens is 2. The van der Waals surface area contributed by atoms with E-state index in [1.807, 2.05) is 27.7 Å². The van der Waals surface area contributed by atoms with Gasteiger partial charge in [0.1, 0.15) is 5.82 Å². The standard InChI is InChI=1S/C21H15ClFNO2.2C2H6/c1-3-4-14(2)20(25)24-21(26)19(16-7-11-18(23)12-8-16)13-15-5-9-17(22)10-6-15;2*1-2/h1,5-13H,2,4H2,(H,24,25,26);2*1-2H3/b19-13+;;. The van der Waals surface area contributed by atoms with Gasteiger partial charge in [0.15, 0.2) is 0 Å². The average Bonchev–Trinajstić information content (AvgIpc) is 2.77. The molecule has 1 N–H and O–H groups in total. The van der Waals surface area contributed by atoms with E-state index in [4.69, 9.17) is 18.0 Å². The molecule has 3 nitrogen and oxygen atoms in total. The van der Waals surface area contributed by atoms with Crippen molar-refractivity contribution in [3.8, 4) is 12.3 Å². The number of carbonyl (C=O) groups excluding carboxylic acids is 2. The Bertz CT molecular complexity index is 908. The molecule has 0 radical (unpaired) electrons. The van der Waals surface area contributed by atoms with E-state index in [1.165, 1.54) is 24.3 Å². The average molecular weight is 428 g/mol. The van der Waals surface area contributed by atoms with Crippen LogP contribution in [0.25, 0.3) is 11.6 Å². The van der Waals surface area contributed by atoms with Gasteiger partial charge < -0.3 is 0 Å². The molecule has 0 aliphatic rings. The van der Waals surface area contributed by atoms with Crippen molar-refractivity contribution < 1.29 is 14.0 Å². The van der Waals surface area contributed by atoms with Gasteiger partial charge in [0.05, 0.1) is 0 Å². The third-order valence-electron chi connectivity index (χ3n) is 3.44. The maximum Gasteiger partial charge on any atom is 0.258 e. The molecule has 5 heteroatoms. The van der Waals surface area contributed by atoms with Crippen molar-refractivity contribution in [3.63, 3.8) is 0 Å². The second-order valence-electron chi connectivity index (χ2n) is 5.38. The first-order valence-corrected chi connectivity index (χ1v) is 9.98. The molecule has 0 heterocycles. The Labute approximate surface area is 183 Å². The van der Waals surface area contributed by atoms with Crippen molar-refractivity contribution in [1.29, 1.82) is 0 Å². The first kappa shape index (κ1) is 26.8. The van der Waals surface area contributed by atoms with Gasteiger partial charge in [-0.15, -0.1) is 12.3 Å². The maximum atomic E-state index is 13.2. The molecule has 0 aliphatic heterocycles. The topological polar surface area (TPSA) is 46.2 Å². The van der Waals surface area contributed by atoms with Gasteiger partial charge in [0.25, 0.3) is 11.8 Å². The molecule has 0 saturated carbocycles. The summed E-state index contributed by atoms with van der Waals surface area (Å²) in [6, 6.07) is 12.2. The molecule has 2 aromatic carbocycles. The summed E-state index contributed by atoms with van der Waals surface area (Å²) in [6.45, 7) is 11.5. The summed E-state index contributed by atoms with van der Waals surface area (Å²) < 4.78 is 13.2. The van der Waals surface area contributed by atoms with Crippen molar-refractivity contribution >= 4 is 35.1 Å².